The predicted molar refractivity (Wildman–Crippen MR) is 84.3 cm³/mol. The highest BCUT2D eigenvalue weighted by molar-refractivity contribution is 9.13. The second-order valence-electron chi connectivity index (χ2n) is 3.71. The van der Waals surface area contributed by atoms with E-state index >= 15 is 0 Å². The standard InChI is InChI=1S/C11H14Br3NOS/c1-15(6-4-2-3-5-12)11(16)9-7-8(13)10(14)17-9/h7H,2-6H2,1H3. The highest BCUT2D eigenvalue weighted by atomic mass is 79.9. The highest BCUT2D eigenvalue weighted by Gasteiger charge is 2.15. The van der Waals surface area contributed by atoms with Crippen LogP contribution in [-0.2, 0) is 0 Å². The zero-order chi connectivity index (χ0) is 12.8. The van der Waals surface area contributed by atoms with Crippen molar-refractivity contribution in [1.82, 2.24) is 4.90 Å². The summed E-state index contributed by atoms with van der Waals surface area (Å²) in [6, 6.07) is 1.87. The normalized spacial score (nSPS) is 10.6. The third kappa shape index (κ3) is 5.01. The van der Waals surface area contributed by atoms with Crippen molar-refractivity contribution >= 4 is 65.0 Å². The van der Waals surface area contributed by atoms with E-state index in [-0.39, 0.29) is 5.91 Å². The smallest absolute Gasteiger partial charge is 0.263 e. The second-order valence-corrected chi connectivity index (χ2v) is 7.73. The van der Waals surface area contributed by atoms with E-state index in [0.717, 1.165) is 44.3 Å². The molecule has 1 amide bonds. The molecule has 0 aliphatic rings. The Morgan fingerprint density at radius 2 is 2.06 bits per heavy atom. The predicted octanol–water partition coefficient (Wildman–Crippen LogP) is 4.91. The number of hydrogen-bond donors (Lipinski definition) is 0. The van der Waals surface area contributed by atoms with E-state index in [1.807, 2.05) is 13.1 Å². The van der Waals surface area contributed by atoms with Gasteiger partial charge < -0.3 is 4.90 Å². The molecule has 0 radical (unpaired) electrons. The second kappa shape index (κ2) is 7.92. The summed E-state index contributed by atoms with van der Waals surface area (Å²) in [7, 11) is 1.86. The number of alkyl halides is 1. The van der Waals surface area contributed by atoms with Gasteiger partial charge in [-0.25, -0.2) is 0 Å². The molecule has 0 N–H and O–H groups in total. The van der Waals surface area contributed by atoms with Crippen LogP contribution in [0.1, 0.15) is 28.9 Å². The van der Waals surface area contributed by atoms with Crippen LogP contribution < -0.4 is 0 Å². The Hall–Kier alpha value is 0.610. The van der Waals surface area contributed by atoms with Crippen molar-refractivity contribution in [3.05, 3.63) is 19.2 Å². The van der Waals surface area contributed by atoms with E-state index in [1.165, 1.54) is 11.3 Å². The van der Waals surface area contributed by atoms with Crippen LogP contribution in [0.15, 0.2) is 14.3 Å². The molecule has 6 heteroatoms. The lowest BCUT2D eigenvalue weighted by molar-refractivity contribution is 0.0797. The maximum Gasteiger partial charge on any atom is 0.263 e. The molecule has 2 nitrogen and oxygen atoms in total. The summed E-state index contributed by atoms with van der Waals surface area (Å²) in [5, 5.41) is 1.04. The molecule has 1 rings (SSSR count). The van der Waals surface area contributed by atoms with Crippen molar-refractivity contribution < 1.29 is 4.79 Å². The minimum atomic E-state index is 0.0974. The quantitative estimate of drug-likeness (QED) is 0.448. The Labute approximate surface area is 131 Å². The van der Waals surface area contributed by atoms with Gasteiger partial charge in [-0.1, -0.05) is 22.4 Å². The maximum atomic E-state index is 12.1. The molecule has 0 saturated carbocycles. The molecule has 17 heavy (non-hydrogen) atoms. The number of rotatable bonds is 6. The van der Waals surface area contributed by atoms with E-state index in [9.17, 15) is 4.79 Å². The topological polar surface area (TPSA) is 20.3 Å². The summed E-state index contributed by atoms with van der Waals surface area (Å²) in [4.78, 5) is 14.6. The van der Waals surface area contributed by atoms with Crippen molar-refractivity contribution in [3.8, 4) is 0 Å². The minimum absolute atomic E-state index is 0.0974. The Bertz CT molecular complexity index is 361. The summed E-state index contributed by atoms with van der Waals surface area (Å²) in [6.45, 7) is 0.818. The van der Waals surface area contributed by atoms with Gasteiger partial charge in [0.05, 0.1) is 8.66 Å². The Morgan fingerprint density at radius 1 is 1.35 bits per heavy atom. The maximum absolute atomic E-state index is 12.1. The molecule has 0 aromatic carbocycles. The monoisotopic (exact) mass is 445 g/mol. The van der Waals surface area contributed by atoms with Gasteiger partial charge in [0.25, 0.3) is 5.91 Å². The van der Waals surface area contributed by atoms with Gasteiger partial charge in [-0.05, 0) is 50.8 Å². The van der Waals surface area contributed by atoms with Crippen LogP contribution in [0, 0.1) is 0 Å². The first-order valence-corrected chi connectivity index (χ1v) is 8.85. The first-order chi connectivity index (χ1) is 8.06. The largest absolute Gasteiger partial charge is 0.341 e. The lowest BCUT2D eigenvalue weighted by atomic mass is 10.2. The molecule has 0 aliphatic heterocycles. The molecule has 0 atom stereocenters. The van der Waals surface area contributed by atoms with E-state index in [0.29, 0.717) is 0 Å². The first kappa shape index (κ1) is 15.7. The van der Waals surface area contributed by atoms with Gasteiger partial charge in [0.2, 0.25) is 0 Å². The third-order valence-corrected chi connectivity index (χ3v) is 6.13. The van der Waals surface area contributed by atoms with Crippen LogP contribution >= 0.6 is 59.1 Å². The fraction of sp³-hybridized carbons (Fsp3) is 0.545. The molecular weight excluding hydrogens is 434 g/mol. The number of carbonyl (C=O) groups is 1. The molecule has 1 aromatic heterocycles. The summed E-state index contributed by atoms with van der Waals surface area (Å²) >= 11 is 11.7. The number of halogens is 3. The van der Waals surface area contributed by atoms with E-state index in [2.05, 4.69) is 47.8 Å². The van der Waals surface area contributed by atoms with Crippen molar-refractivity contribution in [2.75, 3.05) is 18.9 Å². The van der Waals surface area contributed by atoms with Gasteiger partial charge in [-0.15, -0.1) is 11.3 Å². The summed E-state index contributed by atoms with van der Waals surface area (Å²) in [5.74, 6) is 0.0974. The number of nitrogens with zero attached hydrogens (tertiary/aromatic N) is 1. The Morgan fingerprint density at radius 3 is 2.59 bits per heavy atom. The van der Waals surface area contributed by atoms with Gasteiger partial charge in [-0.3, -0.25) is 4.79 Å². The lowest BCUT2D eigenvalue weighted by Gasteiger charge is -2.15. The van der Waals surface area contributed by atoms with Gasteiger partial charge >= 0.3 is 0 Å². The number of hydrogen-bond acceptors (Lipinski definition) is 2. The number of thiophene rings is 1. The fourth-order valence-electron chi connectivity index (χ4n) is 1.36. The molecule has 0 aliphatic carbocycles. The van der Waals surface area contributed by atoms with Crippen LogP contribution in [0.4, 0.5) is 0 Å². The van der Waals surface area contributed by atoms with Crippen LogP contribution in [0.2, 0.25) is 0 Å². The summed E-state index contributed by atoms with van der Waals surface area (Å²) < 4.78 is 1.91. The molecule has 0 fully saturated rings. The SMILES string of the molecule is CN(CCCCCBr)C(=O)c1cc(Br)c(Br)s1. The third-order valence-electron chi connectivity index (χ3n) is 2.33. The summed E-state index contributed by atoms with van der Waals surface area (Å²) in [5.41, 5.74) is 0. The molecule has 1 aromatic rings. The van der Waals surface area contributed by atoms with Crippen molar-refractivity contribution in [2.24, 2.45) is 0 Å². The molecular formula is C11H14Br3NOS. The average Bonchev–Trinajstić information content (AvgIpc) is 2.64. The van der Waals surface area contributed by atoms with Gasteiger partial charge in [0.1, 0.15) is 0 Å². The van der Waals surface area contributed by atoms with Gasteiger partial charge in [-0.2, -0.15) is 0 Å². The van der Waals surface area contributed by atoms with Crippen molar-refractivity contribution in [2.45, 2.75) is 19.3 Å². The van der Waals surface area contributed by atoms with Crippen LogP contribution in [0.3, 0.4) is 0 Å². The van der Waals surface area contributed by atoms with Crippen LogP contribution in [0.25, 0.3) is 0 Å². The fourth-order valence-corrected chi connectivity index (χ4v) is 3.79. The zero-order valence-corrected chi connectivity index (χ0v) is 15.1. The van der Waals surface area contributed by atoms with Crippen molar-refractivity contribution in [1.29, 1.82) is 0 Å². The van der Waals surface area contributed by atoms with Crippen molar-refractivity contribution in [3.63, 3.8) is 0 Å². The van der Waals surface area contributed by atoms with Gasteiger partial charge in [0, 0.05) is 23.4 Å². The van der Waals surface area contributed by atoms with E-state index in [1.54, 1.807) is 4.90 Å². The molecule has 0 bridgehead atoms. The molecule has 0 spiro atoms. The molecule has 0 unspecified atom stereocenters. The Kier molecular flexibility index (Phi) is 7.30. The zero-order valence-electron chi connectivity index (χ0n) is 9.51. The number of amides is 1. The number of unbranched alkanes of at least 4 members (excludes halogenated alkanes) is 2. The Balaban J connectivity index is 2.46. The lowest BCUT2D eigenvalue weighted by Crippen LogP contribution is -2.27. The number of carbonyl (C=O) groups excluding carboxylic acids is 1. The molecule has 96 valence electrons. The highest BCUT2D eigenvalue weighted by Crippen LogP contribution is 2.32. The van der Waals surface area contributed by atoms with Gasteiger partial charge in [0.15, 0.2) is 0 Å². The van der Waals surface area contributed by atoms with E-state index < -0.39 is 0 Å². The van der Waals surface area contributed by atoms with E-state index in [4.69, 9.17) is 0 Å². The molecule has 0 saturated heterocycles. The summed E-state index contributed by atoms with van der Waals surface area (Å²) in [6.07, 6.45) is 3.38. The first-order valence-electron chi connectivity index (χ1n) is 5.32. The molecule has 1 heterocycles. The average molecular weight is 448 g/mol. The van der Waals surface area contributed by atoms with Crippen LogP contribution in [-0.4, -0.2) is 29.7 Å². The van der Waals surface area contributed by atoms with Crippen LogP contribution in [0.5, 0.6) is 0 Å². The minimum Gasteiger partial charge on any atom is -0.341 e.